The molecule has 0 unspecified atom stereocenters. The number of carbonyl (C=O) groups is 1. The first kappa shape index (κ1) is 11.5. The Labute approximate surface area is 91.6 Å². The maximum atomic E-state index is 11.2. The van der Waals surface area contributed by atoms with Crippen molar-refractivity contribution in [2.75, 3.05) is 6.54 Å². The lowest BCUT2D eigenvalue weighted by Gasteiger charge is -2.02. The molecule has 0 fully saturated rings. The fraction of sp³-hybridized carbons (Fsp3) is 0.333. The van der Waals surface area contributed by atoms with E-state index in [9.17, 15) is 4.79 Å². The highest BCUT2D eigenvalue weighted by Gasteiger charge is 2.03. The zero-order valence-corrected chi connectivity index (χ0v) is 8.96. The van der Waals surface area contributed by atoms with E-state index in [1.165, 1.54) is 5.56 Å². The van der Waals surface area contributed by atoms with Gasteiger partial charge >= 0.3 is 0 Å². The van der Waals surface area contributed by atoms with E-state index in [1.807, 2.05) is 16.8 Å². The molecule has 0 radical (unpaired) electrons. The Hall–Kier alpha value is -1.56. The number of thiophene rings is 1. The minimum absolute atomic E-state index is 0.0693. The Morgan fingerprint density at radius 1 is 1.67 bits per heavy atom. The first-order valence-electron chi connectivity index (χ1n) is 4.46. The van der Waals surface area contributed by atoms with Crippen molar-refractivity contribution >= 4 is 23.1 Å². The number of carbonyl (C=O) groups excluding carboxylic acids is 1. The van der Waals surface area contributed by atoms with E-state index in [1.54, 1.807) is 11.3 Å². The number of hydrogen-bond acceptors (Lipinski definition) is 4. The summed E-state index contributed by atoms with van der Waals surface area (Å²) >= 11 is 1.63. The van der Waals surface area contributed by atoms with Crippen molar-refractivity contribution in [3.8, 4) is 0 Å². The van der Waals surface area contributed by atoms with Gasteiger partial charge < -0.3 is 16.3 Å². The van der Waals surface area contributed by atoms with Crippen LogP contribution in [0.15, 0.2) is 22.0 Å². The van der Waals surface area contributed by atoms with Gasteiger partial charge in [0.25, 0.3) is 0 Å². The van der Waals surface area contributed by atoms with Gasteiger partial charge in [-0.2, -0.15) is 11.3 Å². The quantitative estimate of drug-likeness (QED) is 0.297. The van der Waals surface area contributed by atoms with Gasteiger partial charge in [0, 0.05) is 6.54 Å². The van der Waals surface area contributed by atoms with Crippen LogP contribution in [0.5, 0.6) is 0 Å². The van der Waals surface area contributed by atoms with Gasteiger partial charge in [0.2, 0.25) is 5.91 Å². The Balaban J connectivity index is 2.18. The van der Waals surface area contributed by atoms with Crippen LogP contribution in [0.1, 0.15) is 12.0 Å². The van der Waals surface area contributed by atoms with Crippen molar-refractivity contribution in [3.05, 3.63) is 22.4 Å². The number of amides is 1. The molecule has 1 amide bonds. The van der Waals surface area contributed by atoms with Gasteiger partial charge in [-0.1, -0.05) is 5.16 Å². The van der Waals surface area contributed by atoms with Crippen molar-refractivity contribution < 1.29 is 10.0 Å². The maximum Gasteiger partial charge on any atom is 0.227 e. The van der Waals surface area contributed by atoms with Crippen molar-refractivity contribution in [1.82, 2.24) is 5.32 Å². The molecule has 0 aromatic carbocycles. The minimum Gasteiger partial charge on any atom is -0.409 e. The van der Waals surface area contributed by atoms with Crippen LogP contribution in [0.2, 0.25) is 0 Å². The largest absolute Gasteiger partial charge is 0.409 e. The van der Waals surface area contributed by atoms with Gasteiger partial charge in [-0.15, -0.1) is 0 Å². The monoisotopic (exact) mass is 227 g/mol. The van der Waals surface area contributed by atoms with E-state index in [0.717, 1.165) is 6.42 Å². The second-order valence-corrected chi connectivity index (χ2v) is 3.78. The van der Waals surface area contributed by atoms with Crippen LogP contribution in [0.4, 0.5) is 0 Å². The first-order chi connectivity index (χ1) is 7.22. The molecule has 0 atom stereocenters. The third kappa shape index (κ3) is 4.46. The predicted molar refractivity (Wildman–Crippen MR) is 59.1 cm³/mol. The van der Waals surface area contributed by atoms with E-state index in [0.29, 0.717) is 6.54 Å². The molecule has 1 heterocycles. The molecule has 82 valence electrons. The van der Waals surface area contributed by atoms with Gasteiger partial charge in [0.15, 0.2) is 0 Å². The molecule has 0 aliphatic carbocycles. The average Bonchev–Trinajstić information content (AvgIpc) is 2.70. The third-order valence-electron chi connectivity index (χ3n) is 1.79. The summed E-state index contributed by atoms with van der Waals surface area (Å²) in [5, 5.41) is 17.7. The first-order valence-corrected chi connectivity index (χ1v) is 5.41. The molecular weight excluding hydrogens is 214 g/mol. The van der Waals surface area contributed by atoms with Crippen LogP contribution in [0, 0.1) is 0 Å². The van der Waals surface area contributed by atoms with Gasteiger partial charge in [0.1, 0.15) is 5.84 Å². The van der Waals surface area contributed by atoms with Crippen molar-refractivity contribution in [2.24, 2.45) is 10.9 Å². The smallest absolute Gasteiger partial charge is 0.227 e. The second-order valence-electron chi connectivity index (χ2n) is 3.00. The lowest BCUT2D eigenvalue weighted by Crippen LogP contribution is -2.30. The van der Waals surface area contributed by atoms with Crippen LogP contribution in [0.25, 0.3) is 0 Å². The fourth-order valence-electron chi connectivity index (χ4n) is 1.04. The van der Waals surface area contributed by atoms with Crippen LogP contribution in [-0.4, -0.2) is 23.5 Å². The molecule has 0 aliphatic heterocycles. The van der Waals surface area contributed by atoms with Crippen molar-refractivity contribution in [1.29, 1.82) is 0 Å². The highest BCUT2D eigenvalue weighted by molar-refractivity contribution is 7.07. The Bertz CT molecular complexity index is 335. The summed E-state index contributed by atoms with van der Waals surface area (Å²) in [7, 11) is 0. The number of nitrogens with zero attached hydrogens (tertiary/aromatic N) is 1. The number of amidine groups is 1. The molecule has 0 bridgehead atoms. The van der Waals surface area contributed by atoms with Crippen LogP contribution in [-0.2, 0) is 11.2 Å². The molecular formula is C9H13N3O2S. The molecule has 0 aliphatic rings. The van der Waals surface area contributed by atoms with E-state index in [4.69, 9.17) is 10.9 Å². The predicted octanol–water partition coefficient (Wildman–Crippen LogP) is 0.543. The SMILES string of the molecule is N/C(CC(=O)NCCc1ccsc1)=N/O. The van der Waals surface area contributed by atoms with Gasteiger partial charge in [-0.25, -0.2) is 0 Å². The van der Waals surface area contributed by atoms with E-state index in [-0.39, 0.29) is 18.2 Å². The number of nitrogens with two attached hydrogens (primary N) is 1. The summed E-state index contributed by atoms with van der Waals surface area (Å²) in [6.45, 7) is 0.564. The zero-order chi connectivity index (χ0) is 11.1. The molecule has 1 aromatic heterocycles. The van der Waals surface area contributed by atoms with E-state index < -0.39 is 0 Å². The number of oxime groups is 1. The lowest BCUT2D eigenvalue weighted by atomic mass is 10.2. The van der Waals surface area contributed by atoms with Gasteiger partial charge in [-0.3, -0.25) is 4.79 Å². The molecule has 6 heteroatoms. The molecule has 5 nitrogen and oxygen atoms in total. The number of hydrogen-bond donors (Lipinski definition) is 3. The molecule has 15 heavy (non-hydrogen) atoms. The highest BCUT2D eigenvalue weighted by atomic mass is 32.1. The van der Waals surface area contributed by atoms with Crippen LogP contribution < -0.4 is 11.1 Å². The zero-order valence-electron chi connectivity index (χ0n) is 8.14. The summed E-state index contributed by atoms with van der Waals surface area (Å²) in [4.78, 5) is 11.2. The number of rotatable bonds is 5. The third-order valence-corrected chi connectivity index (χ3v) is 2.52. The molecule has 0 spiro atoms. The Morgan fingerprint density at radius 3 is 3.07 bits per heavy atom. The Morgan fingerprint density at radius 2 is 2.47 bits per heavy atom. The molecule has 0 saturated heterocycles. The van der Waals surface area contributed by atoms with E-state index >= 15 is 0 Å². The molecule has 1 aromatic rings. The summed E-state index contributed by atoms with van der Waals surface area (Å²) in [6, 6.07) is 2.01. The maximum absolute atomic E-state index is 11.2. The molecule has 4 N–H and O–H groups in total. The fourth-order valence-corrected chi connectivity index (χ4v) is 1.75. The topological polar surface area (TPSA) is 87.7 Å². The normalized spacial score (nSPS) is 11.3. The summed E-state index contributed by atoms with van der Waals surface area (Å²) < 4.78 is 0. The summed E-state index contributed by atoms with van der Waals surface area (Å²) in [5.41, 5.74) is 6.38. The minimum atomic E-state index is -0.236. The summed E-state index contributed by atoms with van der Waals surface area (Å²) in [5.74, 6) is -0.316. The van der Waals surface area contributed by atoms with E-state index in [2.05, 4.69) is 10.5 Å². The average molecular weight is 227 g/mol. The lowest BCUT2D eigenvalue weighted by molar-refractivity contribution is -0.119. The van der Waals surface area contributed by atoms with Crippen molar-refractivity contribution in [3.63, 3.8) is 0 Å². The highest BCUT2D eigenvalue weighted by Crippen LogP contribution is 2.05. The Kier molecular flexibility index (Phi) is 4.62. The number of nitrogens with one attached hydrogen (secondary N) is 1. The summed E-state index contributed by atoms with van der Waals surface area (Å²) in [6.07, 6.45) is 0.728. The van der Waals surface area contributed by atoms with Crippen LogP contribution in [0.3, 0.4) is 0 Å². The molecule has 1 rings (SSSR count). The standard InChI is InChI=1S/C9H13N3O2S/c10-8(12-14)5-9(13)11-3-1-7-2-4-15-6-7/h2,4,6,14H,1,3,5H2,(H2,10,12)(H,11,13). The second kappa shape index (κ2) is 6.02. The van der Waals surface area contributed by atoms with Gasteiger partial charge in [0.05, 0.1) is 6.42 Å². The van der Waals surface area contributed by atoms with Crippen LogP contribution >= 0.6 is 11.3 Å². The van der Waals surface area contributed by atoms with Gasteiger partial charge in [-0.05, 0) is 28.8 Å². The van der Waals surface area contributed by atoms with Crippen molar-refractivity contribution in [2.45, 2.75) is 12.8 Å². The molecule has 0 saturated carbocycles.